The van der Waals surface area contributed by atoms with Crippen molar-refractivity contribution < 1.29 is 29.4 Å². The second kappa shape index (κ2) is 6.79. The van der Waals surface area contributed by atoms with Gasteiger partial charge in [-0.1, -0.05) is 0 Å². The lowest BCUT2D eigenvalue weighted by Crippen LogP contribution is -2.32. The SMILES string of the molecule is NC(CC(=O)O)C(=O)O.O=C1C=C(N2CC2)C(=O)C(N2CC2)=C1N1CC1. The molecule has 0 aromatic rings. The highest BCUT2D eigenvalue weighted by Gasteiger charge is 2.43. The average Bonchev–Trinajstić information content (AvgIpc) is 3.41. The first kappa shape index (κ1) is 17.9. The molecule has 3 fully saturated rings. The third kappa shape index (κ3) is 4.02. The molecule has 26 heavy (non-hydrogen) atoms. The van der Waals surface area contributed by atoms with Gasteiger partial charge < -0.3 is 30.6 Å². The van der Waals surface area contributed by atoms with Gasteiger partial charge in [-0.2, -0.15) is 0 Å². The molecule has 3 aliphatic heterocycles. The maximum atomic E-state index is 12.4. The second-order valence-corrected chi connectivity index (χ2v) is 6.42. The van der Waals surface area contributed by atoms with Gasteiger partial charge in [-0.3, -0.25) is 19.2 Å². The minimum absolute atomic E-state index is 0.00546. The van der Waals surface area contributed by atoms with Crippen LogP contribution in [0.3, 0.4) is 0 Å². The summed E-state index contributed by atoms with van der Waals surface area (Å²) in [6.45, 7) is 5.41. The fraction of sp³-hybridized carbons (Fsp3) is 0.500. The van der Waals surface area contributed by atoms with E-state index in [4.69, 9.17) is 15.9 Å². The number of carboxylic acid groups (broad SMARTS) is 2. The molecule has 1 unspecified atom stereocenters. The number of carboxylic acids is 2. The molecule has 1 atom stereocenters. The van der Waals surface area contributed by atoms with E-state index in [1.54, 1.807) is 0 Å². The highest BCUT2D eigenvalue weighted by atomic mass is 16.4. The van der Waals surface area contributed by atoms with E-state index in [0.717, 1.165) is 39.3 Å². The number of nitrogens with two attached hydrogens (primary N) is 1. The number of hydrogen-bond donors (Lipinski definition) is 3. The summed E-state index contributed by atoms with van der Waals surface area (Å²) < 4.78 is 0. The molecule has 0 spiro atoms. The van der Waals surface area contributed by atoms with Crippen LogP contribution in [0.5, 0.6) is 0 Å². The molecule has 4 aliphatic rings. The number of carbonyl (C=O) groups is 4. The number of hydrogen-bond acceptors (Lipinski definition) is 8. The van der Waals surface area contributed by atoms with Gasteiger partial charge in [0.1, 0.15) is 17.4 Å². The van der Waals surface area contributed by atoms with E-state index in [1.165, 1.54) is 6.08 Å². The van der Waals surface area contributed by atoms with Gasteiger partial charge in [0, 0.05) is 45.3 Å². The summed E-state index contributed by atoms with van der Waals surface area (Å²) in [4.78, 5) is 50.1. The Bertz CT molecular complexity index is 731. The van der Waals surface area contributed by atoms with Crippen LogP contribution in [-0.2, 0) is 19.2 Å². The number of ketones is 2. The number of aliphatic carboxylic acids is 2. The summed E-state index contributed by atoms with van der Waals surface area (Å²) in [5.41, 5.74) is 6.72. The first-order valence-electron chi connectivity index (χ1n) is 8.29. The Balaban J connectivity index is 0.000000188. The maximum Gasteiger partial charge on any atom is 0.321 e. The fourth-order valence-electron chi connectivity index (χ4n) is 2.55. The minimum atomic E-state index is -1.29. The minimum Gasteiger partial charge on any atom is -0.481 e. The Hall–Kier alpha value is -2.88. The first-order chi connectivity index (χ1) is 12.3. The van der Waals surface area contributed by atoms with Gasteiger partial charge in [-0.05, 0) is 0 Å². The lowest BCUT2D eigenvalue weighted by Gasteiger charge is -2.21. The summed E-state index contributed by atoms with van der Waals surface area (Å²) >= 11 is 0. The molecule has 10 nitrogen and oxygen atoms in total. The Morgan fingerprint density at radius 1 is 0.962 bits per heavy atom. The van der Waals surface area contributed by atoms with Gasteiger partial charge in [0.15, 0.2) is 0 Å². The van der Waals surface area contributed by atoms with Crippen molar-refractivity contribution in [2.24, 2.45) is 5.73 Å². The largest absolute Gasteiger partial charge is 0.481 e. The summed E-state index contributed by atoms with van der Waals surface area (Å²) in [5.74, 6) is -2.45. The number of carbonyl (C=O) groups excluding carboxylic acids is 2. The van der Waals surface area contributed by atoms with Crippen molar-refractivity contribution in [2.75, 3.05) is 39.3 Å². The first-order valence-corrected chi connectivity index (χ1v) is 8.29. The monoisotopic (exact) mass is 364 g/mol. The molecule has 0 saturated carbocycles. The molecule has 0 aromatic carbocycles. The van der Waals surface area contributed by atoms with Crippen LogP contribution < -0.4 is 5.73 Å². The molecular formula is C16H20N4O6. The zero-order valence-electron chi connectivity index (χ0n) is 14.1. The zero-order chi connectivity index (χ0) is 19.0. The quantitative estimate of drug-likeness (QED) is 0.359. The lowest BCUT2D eigenvalue weighted by molar-refractivity contribution is -0.144. The highest BCUT2D eigenvalue weighted by Crippen LogP contribution is 2.33. The second-order valence-electron chi connectivity index (χ2n) is 6.42. The van der Waals surface area contributed by atoms with Crippen LogP contribution in [0.15, 0.2) is 23.2 Å². The third-order valence-corrected chi connectivity index (χ3v) is 4.20. The van der Waals surface area contributed by atoms with Crippen molar-refractivity contribution in [3.63, 3.8) is 0 Å². The molecule has 3 saturated heterocycles. The van der Waals surface area contributed by atoms with Gasteiger partial charge in [0.25, 0.3) is 0 Å². The van der Waals surface area contributed by atoms with E-state index in [0.29, 0.717) is 17.1 Å². The molecule has 140 valence electrons. The number of nitrogens with zero attached hydrogens (tertiary/aromatic N) is 3. The molecule has 1 aliphatic carbocycles. The lowest BCUT2D eigenvalue weighted by atomic mass is 10.0. The number of allylic oxidation sites excluding steroid dienone is 1. The third-order valence-electron chi connectivity index (χ3n) is 4.20. The van der Waals surface area contributed by atoms with E-state index in [9.17, 15) is 19.2 Å². The molecule has 0 aromatic heterocycles. The summed E-state index contributed by atoms with van der Waals surface area (Å²) in [6, 6.07) is -1.29. The maximum absolute atomic E-state index is 12.4. The van der Waals surface area contributed by atoms with Gasteiger partial charge in [0.05, 0.1) is 12.1 Å². The van der Waals surface area contributed by atoms with Crippen molar-refractivity contribution in [1.82, 2.24) is 14.7 Å². The van der Waals surface area contributed by atoms with Crippen molar-refractivity contribution in [3.8, 4) is 0 Å². The van der Waals surface area contributed by atoms with Crippen molar-refractivity contribution in [3.05, 3.63) is 23.2 Å². The predicted octanol–water partition coefficient (Wildman–Crippen LogP) is -1.95. The van der Waals surface area contributed by atoms with Gasteiger partial charge >= 0.3 is 11.9 Å². The smallest absolute Gasteiger partial charge is 0.321 e. The summed E-state index contributed by atoms with van der Waals surface area (Å²) in [6.07, 6.45) is 0.991. The van der Waals surface area contributed by atoms with Crippen molar-refractivity contribution >= 4 is 23.5 Å². The van der Waals surface area contributed by atoms with E-state index in [-0.39, 0.29) is 11.6 Å². The molecule has 10 heteroatoms. The van der Waals surface area contributed by atoms with Crippen LogP contribution in [0.2, 0.25) is 0 Å². The normalized spacial score (nSPS) is 21.7. The van der Waals surface area contributed by atoms with Crippen LogP contribution in [0, 0.1) is 0 Å². The van der Waals surface area contributed by atoms with Crippen LogP contribution in [0.4, 0.5) is 0 Å². The van der Waals surface area contributed by atoms with E-state index >= 15 is 0 Å². The molecule has 0 amide bonds. The van der Waals surface area contributed by atoms with Crippen LogP contribution >= 0.6 is 0 Å². The molecule has 4 rings (SSSR count). The van der Waals surface area contributed by atoms with Gasteiger partial charge in [-0.25, -0.2) is 0 Å². The Morgan fingerprint density at radius 2 is 1.46 bits per heavy atom. The van der Waals surface area contributed by atoms with Gasteiger partial charge in [0.2, 0.25) is 11.6 Å². The predicted molar refractivity (Wildman–Crippen MR) is 87.7 cm³/mol. The van der Waals surface area contributed by atoms with Gasteiger partial charge in [-0.15, -0.1) is 0 Å². The average molecular weight is 364 g/mol. The Labute approximate surface area is 149 Å². The molecule has 0 radical (unpaired) electrons. The highest BCUT2D eigenvalue weighted by molar-refractivity contribution is 6.22. The topological polar surface area (TPSA) is 144 Å². The van der Waals surface area contributed by atoms with Crippen molar-refractivity contribution in [1.29, 1.82) is 0 Å². The van der Waals surface area contributed by atoms with Crippen molar-refractivity contribution in [2.45, 2.75) is 12.5 Å². The van der Waals surface area contributed by atoms with E-state index in [1.807, 2.05) is 14.7 Å². The van der Waals surface area contributed by atoms with Crippen LogP contribution in [-0.4, -0.2) is 93.7 Å². The summed E-state index contributed by atoms with van der Waals surface area (Å²) in [7, 11) is 0. The molecule has 4 N–H and O–H groups in total. The molecule has 0 bridgehead atoms. The standard InChI is InChI=1S/C12H13N3O2.C4H7NO4/c16-9-7-8(13-1-2-13)12(17)11(15-5-6-15)10(9)14-3-4-14;5-2(4(8)9)1-3(6)7/h7H,1-6H2;2H,1,5H2,(H,6,7)(H,8,9). The number of Topliss-reactive ketones (excluding diaryl/α,β-unsaturated/α-hetero) is 1. The summed E-state index contributed by atoms with van der Waals surface area (Å²) in [5, 5.41) is 16.0. The molecular weight excluding hydrogens is 344 g/mol. The van der Waals surface area contributed by atoms with Crippen LogP contribution in [0.25, 0.3) is 0 Å². The zero-order valence-corrected chi connectivity index (χ0v) is 14.1. The number of rotatable bonds is 6. The Kier molecular flexibility index (Phi) is 4.68. The van der Waals surface area contributed by atoms with E-state index < -0.39 is 24.4 Å². The van der Waals surface area contributed by atoms with E-state index in [2.05, 4.69) is 0 Å². The molecule has 3 heterocycles. The fourth-order valence-corrected chi connectivity index (χ4v) is 2.55. The Morgan fingerprint density at radius 3 is 1.85 bits per heavy atom. The van der Waals surface area contributed by atoms with Crippen LogP contribution in [0.1, 0.15) is 6.42 Å².